The van der Waals surface area contributed by atoms with E-state index in [4.69, 9.17) is 5.73 Å². The summed E-state index contributed by atoms with van der Waals surface area (Å²) in [7, 11) is 0. The van der Waals surface area contributed by atoms with Crippen molar-refractivity contribution in [2.45, 2.75) is 0 Å². The van der Waals surface area contributed by atoms with E-state index in [0.29, 0.717) is 16.8 Å². The van der Waals surface area contributed by atoms with E-state index >= 15 is 0 Å². The molecule has 0 aliphatic rings. The molecule has 0 aliphatic carbocycles. The van der Waals surface area contributed by atoms with Crippen molar-refractivity contribution in [3.63, 3.8) is 0 Å². The predicted molar refractivity (Wildman–Crippen MR) is 56.2 cm³/mol. The molecular formula is C12H9F2N. The molecule has 0 aliphatic heterocycles. The molecule has 1 nitrogen and oxygen atoms in total. The van der Waals surface area contributed by atoms with Crippen LogP contribution in [-0.4, -0.2) is 0 Å². The molecule has 0 heterocycles. The van der Waals surface area contributed by atoms with Gasteiger partial charge in [0.25, 0.3) is 0 Å². The summed E-state index contributed by atoms with van der Waals surface area (Å²) in [5, 5.41) is 0. The van der Waals surface area contributed by atoms with E-state index in [1.165, 1.54) is 18.2 Å². The first kappa shape index (κ1) is 9.65. The molecular weight excluding hydrogens is 196 g/mol. The monoisotopic (exact) mass is 205 g/mol. The lowest BCUT2D eigenvalue weighted by Gasteiger charge is -2.04. The van der Waals surface area contributed by atoms with E-state index in [0.717, 1.165) is 0 Å². The minimum absolute atomic E-state index is 0.351. The molecule has 76 valence electrons. The summed E-state index contributed by atoms with van der Waals surface area (Å²) in [5.74, 6) is -0.829. The quantitative estimate of drug-likeness (QED) is 0.711. The van der Waals surface area contributed by atoms with Gasteiger partial charge in [0.1, 0.15) is 11.6 Å². The smallest absolute Gasteiger partial charge is 0.133 e. The Bertz CT molecular complexity index is 495. The fourth-order valence-electron chi connectivity index (χ4n) is 1.42. The van der Waals surface area contributed by atoms with Crippen LogP contribution in [-0.2, 0) is 0 Å². The SMILES string of the molecule is Nc1ccc(-c2cccc(F)c2)c(F)c1. The lowest BCUT2D eigenvalue weighted by Crippen LogP contribution is -1.89. The van der Waals surface area contributed by atoms with Crippen molar-refractivity contribution < 1.29 is 8.78 Å². The zero-order valence-electron chi connectivity index (χ0n) is 7.87. The van der Waals surface area contributed by atoms with E-state index in [2.05, 4.69) is 0 Å². The second-order valence-corrected chi connectivity index (χ2v) is 3.25. The summed E-state index contributed by atoms with van der Waals surface area (Å²) in [6, 6.07) is 10.1. The zero-order chi connectivity index (χ0) is 10.8. The summed E-state index contributed by atoms with van der Waals surface area (Å²) in [5.41, 5.74) is 6.63. The van der Waals surface area contributed by atoms with Gasteiger partial charge in [-0.05, 0) is 35.9 Å². The molecule has 3 heteroatoms. The number of benzene rings is 2. The van der Waals surface area contributed by atoms with Crippen LogP contribution in [0.2, 0.25) is 0 Å². The molecule has 0 fully saturated rings. The molecule has 2 rings (SSSR count). The normalized spacial score (nSPS) is 10.3. The van der Waals surface area contributed by atoms with Gasteiger partial charge in [0.15, 0.2) is 0 Å². The minimum atomic E-state index is -0.444. The van der Waals surface area contributed by atoms with Gasteiger partial charge in [-0.1, -0.05) is 12.1 Å². The van der Waals surface area contributed by atoms with Crippen molar-refractivity contribution in [1.82, 2.24) is 0 Å². The van der Waals surface area contributed by atoms with E-state index in [1.54, 1.807) is 24.3 Å². The molecule has 15 heavy (non-hydrogen) atoms. The first-order valence-electron chi connectivity index (χ1n) is 4.48. The van der Waals surface area contributed by atoms with Crippen LogP contribution in [0.4, 0.5) is 14.5 Å². The summed E-state index contributed by atoms with van der Waals surface area (Å²) in [4.78, 5) is 0. The third kappa shape index (κ3) is 1.96. The number of anilines is 1. The fourth-order valence-corrected chi connectivity index (χ4v) is 1.42. The summed E-state index contributed by atoms with van der Waals surface area (Å²) < 4.78 is 26.4. The van der Waals surface area contributed by atoms with Crippen LogP contribution in [0.3, 0.4) is 0 Å². The molecule has 2 aromatic carbocycles. The Morgan fingerprint density at radius 1 is 0.933 bits per heavy atom. The molecule has 0 amide bonds. The van der Waals surface area contributed by atoms with E-state index in [1.807, 2.05) is 0 Å². The third-order valence-corrected chi connectivity index (χ3v) is 2.13. The second kappa shape index (κ2) is 3.69. The van der Waals surface area contributed by atoms with Crippen LogP contribution in [0.5, 0.6) is 0 Å². The molecule has 0 atom stereocenters. The maximum atomic E-state index is 13.5. The molecule has 0 spiro atoms. The van der Waals surface area contributed by atoms with Crippen LogP contribution >= 0.6 is 0 Å². The van der Waals surface area contributed by atoms with Gasteiger partial charge in [-0.3, -0.25) is 0 Å². The van der Waals surface area contributed by atoms with Crippen LogP contribution in [0, 0.1) is 11.6 Å². The van der Waals surface area contributed by atoms with Crippen molar-refractivity contribution in [2.24, 2.45) is 0 Å². The molecule has 0 radical (unpaired) electrons. The minimum Gasteiger partial charge on any atom is -0.399 e. The van der Waals surface area contributed by atoms with Crippen molar-refractivity contribution in [2.75, 3.05) is 5.73 Å². The van der Waals surface area contributed by atoms with Crippen LogP contribution in [0.1, 0.15) is 0 Å². The summed E-state index contributed by atoms with van der Waals surface area (Å²) in [6.45, 7) is 0. The van der Waals surface area contributed by atoms with Crippen LogP contribution in [0.25, 0.3) is 11.1 Å². The zero-order valence-corrected chi connectivity index (χ0v) is 7.87. The topological polar surface area (TPSA) is 26.0 Å². The van der Waals surface area contributed by atoms with E-state index < -0.39 is 5.82 Å². The summed E-state index contributed by atoms with van der Waals surface area (Å²) in [6.07, 6.45) is 0. The standard InChI is InChI=1S/C12H9F2N/c13-9-3-1-2-8(6-9)11-5-4-10(15)7-12(11)14/h1-7H,15H2. The first-order valence-corrected chi connectivity index (χ1v) is 4.48. The highest BCUT2D eigenvalue weighted by molar-refractivity contribution is 5.66. The molecule has 0 saturated carbocycles. The van der Waals surface area contributed by atoms with Crippen LogP contribution in [0.15, 0.2) is 42.5 Å². The van der Waals surface area contributed by atoms with Gasteiger partial charge in [-0.2, -0.15) is 0 Å². The third-order valence-electron chi connectivity index (χ3n) is 2.13. The summed E-state index contributed by atoms with van der Waals surface area (Å²) >= 11 is 0. The highest BCUT2D eigenvalue weighted by atomic mass is 19.1. The number of rotatable bonds is 1. The van der Waals surface area contributed by atoms with Crippen molar-refractivity contribution in [1.29, 1.82) is 0 Å². The largest absolute Gasteiger partial charge is 0.399 e. The Hall–Kier alpha value is -1.90. The Balaban J connectivity index is 2.54. The Morgan fingerprint density at radius 3 is 2.40 bits per heavy atom. The van der Waals surface area contributed by atoms with Gasteiger partial charge in [-0.25, -0.2) is 8.78 Å². The Morgan fingerprint density at radius 2 is 1.73 bits per heavy atom. The van der Waals surface area contributed by atoms with Gasteiger partial charge in [0.2, 0.25) is 0 Å². The maximum Gasteiger partial charge on any atom is 0.133 e. The van der Waals surface area contributed by atoms with Gasteiger partial charge < -0.3 is 5.73 Å². The number of nitrogen functional groups attached to an aromatic ring is 1. The van der Waals surface area contributed by atoms with Gasteiger partial charge in [-0.15, -0.1) is 0 Å². The number of halogens is 2. The maximum absolute atomic E-state index is 13.5. The Labute approximate surface area is 86.2 Å². The highest BCUT2D eigenvalue weighted by Gasteiger charge is 2.05. The Kier molecular flexibility index (Phi) is 2.37. The first-order chi connectivity index (χ1) is 7.16. The lowest BCUT2D eigenvalue weighted by atomic mass is 10.0. The van der Waals surface area contributed by atoms with Crippen LogP contribution < -0.4 is 5.73 Å². The predicted octanol–water partition coefficient (Wildman–Crippen LogP) is 3.21. The van der Waals surface area contributed by atoms with Gasteiger partial charge in [0, 0.05) is 11.3 Å². The van der Waals surface area contributed by atoms with Gasteiger partial charge >= 0.3 is 0 Å². The second-order valence-electron chi connectivity index (χ2n) is 3.25. The molecule has 0 unspecified atom stereocenters. The lowest BCUT2D eigenvalue weighted by molar-refractivity contribution is 0.625. The van der Waals surface area contributed by atoms with Gasteiger partial charge in [0.05, 0.1) is 0 Å². The molecule has 2 N–H and O–H groups in total. The van der Waals surface area contributed by atoms with E-state index in [-0.39, 0.29) is 5.82 Å². The highest BCUT2D eigenvalue weighted by Crippen LogP contribution is 2.24. The average Bonchev–Trinajstić information content (AvgIpc) is 2.17. The number of hydrogen-bond acceptors (Lipinski definition) is 1. The van der Waals surface area contributed by atoms with Crippen molar-refractivity contribution >= 4 is 5.69 Å². The van der Waals surface area contributed by atoms with Crippen molar-refractivity contribution in [3.8, 4) is 11.1 Å². The molecule has 2 aromatic rings. The average molecular weight is 205 g/mol. The number of hydrogen-bond donors (Lipinski definition) is 1. The molecule has 0 aromatic heterocycles. The number of nitrogens with two attached hydrogens (primary N) is 1. The fraction of sp³-hybridized carbons (Fsp3) is 0. The molecule has 0 saturated heterocycles. The van der Waals surface area contributed by atoms with E-state index in [9.17, 15) is 8.78 Å². The van der Waals surface area contributed by atoms with Crippen molar-refractivity contribution in [3.05, 3.63) is 54.1 Å². The molecule has 0 bridgehead atoms.